The number of benzene rings is 1. The van der Waals surface area contributed by atoms with E-state index < -0.39 is 15.6 Å². The van der Waals surface area contributed by atoms with E-state index in [4.69, 9.17) is 5.26 Å². The molecule has 0 aromatic heterocycles. The third-order valence-electron chi connectivity index (χ3n) is 3.70. The number of carbonyl (C=O) groups excluding carboxylic acids is 1. The molecule has 0 N–H and O–H groups in total. The number of amides is 1. The summed E-state index contributed by atoms with van der Waals surface area (Å²) in [6.07, 6.45) is 0. The number of nitrogens with zero attached hydrogens (tertiary/aromatic N) is 3. The van der Waals surface area contributed by atoms with Gasteiger partial charge in [-0.2, -0.15) is 9.57 Å². The summed E-state index contributed by atoms with van der Waals surface area (Å²) in [6, 6.07) is 7.65. The molecule has 0 bridgehead atoms. The number of carbonyl (C=O) groups is 1. The van der Waals surface area contributed by atoms with Crippen LogP contribution in [0.5, 0.6) is 0 Å². The number of sulfonamides is 1. The maximum atomic E-state index is 12.7. The molecule has 2 rings (SSSR count). The Labute approximate surface area is 124 Å². The highest BCUT2D eigenvalue weighted by molar-refractivity contribution is 7.89. The first-order valence-corrected chi connectivity index (χ1v) is 7.94. The molecule has 7 heteroatoms. The van der Waals surface area contributed by atoms with Crippen LogP contribution in [0, 0.1) is 11.3 Å². The molecule has 0 aliphatic carbocycles. The predicted molar refractivity (Wildman–Crippen MR) is 76.8 cm³/mol. The molecule has 1 aromatic rings. The maximum absolute atomic E-state index is 12.7. The number of likely N-dealkylation sites (N-methyl/N-ethyl adjacent to an activating group) is 1. The van der Waals surface area contributed by atoms with Crippen molar-refractivity contribution in [2.24, 2.45) is 0 Å². The molecule has 1 amide bonds. The molecule has 0 saturated carbocycles. The van der Waals surface area contributed by atoms with Gasteiger partial charge in [-0.05, 0) is 38.1 Å². The normalized spacial score (nSPS) is 19.3. The number of piperazine rings is 1. The molecular formula is C14H17N3O3S. The molecule has 0 unspecified atom stereocenters. The van der Waals surface area contributed by atoms with Crippen molar-refractivity contribution in [3.8, 4) is 6.07 Å². The van der Waals surface area contributed by atoms with Crippen LogP contribution in [0.3, 0.4) is 0 Å². The van der Waals surface area contributed by atoms with Crippen LogP contribution in [-0.4, -0.2) is 49.2 Å². The van der Waals surface area contributed by atoms with E-state index in [9.17, 15) is 13.2 Å². The summed E-state index contributed by atoms with van der Waals surface area (Å²) < 4.78 is 26.7. The van der Waals surface area contributed by atoms with Crippen LogP contribution < -0.4 is 0 Å². The fourth-order valence-electron chi connectivity index (χ4n) is 2.44. The van der Waals surface area contributed by atoms with Crippen molar-refractivity contribution in [2.45, 2.75) is 24.3 Å². The summed E-state index contributed by atoms with van der Waals surface area (Å²) in [5.74, 6) is -0.231. The molecule has 1 saturated heterocycles. The summed E-state index contributed by atoms with van der Waals surface area (Å²) in [6.45, 7) is 3.81. The Bertz CT molecular complexity index is 702. The minimum atomic E-state index is -3.77. The number of nitriles is 1. The second kappa shape index (κ2) is 5.13. The minimum absolute atomic E-state index is 0.0897. The average Bonchev–Trinajstić information content (AvgIpc) is 2.44. The van der Waals surface area contributed by atoms with Gasteiger partial charge in [-0.25, -0.2) is 8.42 Å². The van der Waals surface area contributed by atoms with Crippen LogP contribution in [0.25, 0.3) is 0 Å². The molecule has 1 aliphatic heterocycles. The largest absolute Gasteiger partial charge is 0.343 e. The number of rotatable bonds is 2. The van der Waals surface area contributed by atoms with Crippen molar-refractivity contribution in [3.05, 3.63) is 29.8 Å². The number of hydrogen-bond acceptors (Lipinski definition) is 4. The summed E-state index contributed by atoms with van der Waals surface area (Å²) >= 11 is 0. The highest BCUT2D eigenvalue weighted by Crippen LogP contribution is 2.28. The Morgan fingerprint density at radius 1 is 1.19 bits per heavy atom. The Morgan fingerprint density at radius 2 is 1.76 bits per heavy atom. The predicted octanol–water partition coefficient (Wildman–Crippen LogP) is 0.800. The molecule has 1 fully saturated rings. The van der Waals surface area contributed by atoms with Crippen molar-refractivity contribution in [1.82, 2.24) is 9.21 Å². The third kappa shape index (κ3) is 2.52. The van der Waals surface area contributed by atoms with E-state index in [-0.39, 0.29) is 17.3 Å². The van der Waals surface area contributed by atoms with Gasteiger partial charge in [0.05, 0.1) is 16.5 Å². The zero-order chi connectivity index (χ0) is 15.8. The van der Waals surface area contributed by atoms with E-state index >= 15 is 0 Å². The Balaban J connectivity index is 2.43. The van der Waals surface area contributed by atoms with E-state index in [2.05, 4.69) is 0 Å². The molecule has 1 aliphatic rings. The molecule has 1 aromatic carbocycles. The van der Waals surface area contributed by atoms with Gasteiger partial charge in [0.15, 0.2) is 0 Å². The fraction of sp³-hybridized carbons (Fsp3) is 0.429. The van der Waals surface area contributed by atoms with Crippen LogP contribution in [0.4, 0.5) is 0 Å². The zero-order valence-corrected chi connectivity index (χ0v) is 13.0. The van der Waals surface area contributed by atoms with Crippen LogP contribution in [0.15, 0.2) is 29.2 Å². The topological polar surface area (TPSA) is 81.5 Å². The molecule has 0 atom stereocenters. The van der Waals surface area contributed by atoms with Crippen molar-refractivity contribution in [3.63, 3.8) is 0 Å². The van der Waals surface area contributed by atoms with E-state index in [0.29, 0.717) is 12.1 Å². The first-order valence-electron chi connectivity index (χ1n) is 6.50. The molecule has 0 spiro atoms. The van der Waals surface area contributed by atoms with Crippen molar-refractivity contribution in [2.75, 3.05) is 20.1 Å². The fourth-order valence-corrected chi connectivity index (χ4v) is 4.18. The molecule has 112 valence electrons. The second-order valence-corrected chi connectivity index (χ2v) is 7.36. The molecule has 21 heavy (non-hydrogen) atoms. The van der Waals surface area contributed by atoms with Gasteiger partial charge >= 0.3 is 0 Å². The highest BCUT2D eigenvalue weighted by atomic mass is 32.2. The lowest BCUT2D eigenvalue weighted by molar-refractivity contribution is -0.142. The van der Waals surface area contributed by atoms with Gasteiger partial charge in [0.25, 0.3) is 0 Å². The van der Waals surface area contributed by atoms with Gasteiger partial charge in [-0.1, -0.05) is 0 Å². The van der Waals surface area contributed by atoms with E-state index in [1.807, 2.05) is 6.07 Å². The average molecular weight is 307 g/mol. The molecule has 1 heterocycles. The van der Waals surface area contributed by atoms with Gasteiger partial charge in [0, 0.05) is 20.1 Å². The summed E-state index contributed by atoms with van der Waals surface area (Å²) in [5, 5.41) is 8.77. The lowest BCUT2D eigenvalue weighted by Gasteiger charge is -2.43. The Kier molecular flexibility index (Phi) is 3.78. The van der Waals surface area contributed by atoms with Crippen LogP contribution in [-0.2, 0) is 14.8 Å². The van der Waals surface area contributed by atoms with Crippen molar-refractivity contribution in [1.29, 1.82) is 5.26 Å². The summed E-state index contributed by atoms with van der Waals surface area (Å²) in [4.78, 5) is 13.8. The first kappa shape index (κ1) is 15.5. The number of hydrogen-bond donors (Lipinski definition) is 0. The molecule has 0 radical (unpaired) electrons. The first-order chi connectivity index (χ1) is 9.71. The highest BCUT2D eigenvalue weighted by Gasteiger charge is 2.46. The Hall–Kier alpha value is -1.91. The van der Waals surface area contributed by atoms with Crippen LogP contribution >= 0.6 is 0 Å². The second-order valence-electron chi connectivity index (χ2n) is 5.50. The SMILES string of the molecule is CN1CCN(S(=O)(=O)c2ccc(C#N)cc2)C(C)(C)C1=O. The Morgan fingerprint density at radius 3 is 2.29 bits per heavy atom. The van der Waals surface area contributed by atoms with Gasteiger partial charge in [-0.15, -0.1) is 0 Å². The lowest BCUT2D eigenvalue weighted by Crippen LogP contribution is -2.63. The smallest absolute Gasteiger partial charge is 0.244 e. The molecular weight excluding hydrogens is 290 g/mol. The van der Waals surface area contributed by atoms with E-state index in [1.165, 1.54) is 33.5 Å². The van der Waals surface area contributed by atoms with Crippen LogP contribution in [0.1, 0.15) is 19.4 Å². The maximum Gasteiger partial charge on any atom is 0.244 e. The van der Waals surface area contributed by atoms with Crippen LogP contribution in [0.2, 0.25) is 0 Å². The molecule has 6 nitrogen and oxygen atoms in total. The third-order valence-corrected chi connectivity index (χ3v) is 5.79. The monoisotopic (exact) mass is 307 g/mol. The summed E-state index contributed by atoms with van der Waals surface area (Å²) in [7, 11) is -2.11. The van der Waals surface area contributed by atoms with E-state index in [1.54, 1.807) is 20.9 Å². The van der Waals surface area contributed by atoms with Gasteiger partial charge < -0.3 is 4.90 Å². The van der Waals surface area contributed by atoms with Gasteiger partial charge in [-0.3, -0.25) is 4.79 Å². The van der Waals surface area contributed by atoms with E-state index in [0.717, 1.165) is 0 Å². The quantitative estimate of drug-likeness (QED) is 0.809. The van der Waals surface area contributed by atoms with Crippen molar-refractivity contribution < 1.29 is 13.2 Å². The lowest BCUT2D eigenvalue weighted by atomic mass is 10.0. The summed E-state index contributed by atoms with van der Waals surface area (Å²) in [5.41, 5.74) is -0.734. The van der Waals surface area contributed by atoms with Gasteiger partial charge in [0.2, 0.25) is 15.9 Å². The minimum Gasteiger partial charge on any atom is -0.343 e. The zero-order valence-electron chi connectivity index (χ0n) is 12.2. The van der Waals surface area contributed by atoms with Crippen molar-refractivity contribution >= 4 is 15.9 Å². The van der Waals surface area contributed by atoms with Gasteiger partial charge in [0.1, 0.15) is 5.54 Å². The standard InChI is InChI=1S/C14H17N3O3S/c1-14(2)13(18)16(3)8-9-17(14)21(19,20)12-6-4-11(10-15)5-7-12/h4-7H,8-9H2,1-3H3.